The number of hydrogen-bond donors (Lipinski definition) is 0. The number of ether oxygens (including phenoxy) is 2. The second kappa shape index (κ2) is 19.9. The van der Waals surface area contributed by atoms with Crippen LogP contribution in [0.3, 0.4) is 0 Å². The topological polar surface area (TPSA) is 43.2 Å². The predicted molar refractivity (Wildman–Crippen MR) is 154 cm³/mol. The molecule has 0 saturated carbocycles. The van der Waals surface area contributed by atoms with Crippen LogP contribution in [0, 0.1) is 27.7 Å². The van der Waals surface area contributed by atoms with Crippen molar-refractivity contribution in [2.75, 3.05) is 26.4 Å². The van der Waals surface area contributed by atoms with Gasteiger partial charge in [0.1, 0.15) is 0 Å². The van der Waals surface area contributed by atoms with Gasteiger partial charge in [-0.1, -0.05) is 35.4 Å². The second-order valence-electron chi connectivity index (χ2n) is 9.15. The molecule has 2 saturated heterocycles. The summed E-state index contributed by atoms with van der Waals surface area (Å²) in [6.45, 7) is 16.6. The van der Waals surface area contributed by atoms with E-state index in [1.54, 1.807) is 0 Å². The fraction of sp³-hybridized carbons (Fsp3) is 0.517. The molecule has 0 N–H and O–H groups in total. The van der Waals surface area contributed by atoms with Crippen LogP contribution in [0.4, 0.5) is 11.4 Å². The van der Waals surface area contributed by atoms with Gasteiger partial charge in [0.05, 0.1) is 11.4 Å². The summed E-state index contributed by atoms with van der Waals surface area (Å²) in [7, 11) is 9.65. The van der Waals surface area contributed by atoms with Crippen molar-refractivity contribution in [1.29, 1.82) is 0 Å². The quantitative estimate of drug-likeness (QED) is 0.342. The number of benzene rings is 2. The first-order valence-corrected chi connectivity index (χ1v) is 16.0. The SMILES string of the molecule is C1CCOC1.C1CCOC1.CC(CC(C)=Nc1ccc(C)cc1C)=Nc1ccc(C)cc1C.[Cl][Cr][Cl]. The summed E-state index contributed by atoms with van der Waals surface area (Å²) in [5, 5.41) is 0. The molecule has 2 aromatic rings. The molecule has 7 heteroatoms. The first-order valence-electron chi connectivity index (χ1n) is 12.5. The van der Waals surface area contributed by atoms with Crippen LogP contribution in [-0.4, -0.2) is 37.9 Å². The van der Waals surface area contributed by atoms with Gasteiger partial charge in [-0.2, -0.15) is 0 Å². The van der Waals surface area contributed by atoms with Crippen LogP contribution >= 0.6 is 20.1 Å². The van der Waals surface area contributed by atoms with Gasteiger partial charge in [0.25, 0.3) is 0 Å². The van der Waals surface area contributed by atoms with Crippen molar-refractivity contribution in [3.05, 3.63) is 58.7 Å². The average molecular weight is 574 g/mol. The maximum atomic E-state index is 4.94. The van der Waals surface area contributed by atoms with Crippen molar-refractivity contribution in [3.8, 4) is 0 Å². The Kier molecular flexibility index (Phi) is 18.1. The van der Waals surface area contributed by atoms with Crippen LogP contribution < -0.4 is 0 Å². The summed E-state index contributed by atoms with van der Waals surface area (Å²) in [5.74, 6) is 0. The zero-order valence-corrected chi connectivity index (χ0v) is 25.5. The maximum absolute atomic E-state index is 4.94. The molecule has 0 aromatic heterocycles. The van der Waals surface area contributed by atoms with E-state index in [-0.39, 0.29) is 13.4 Å². The van der Waals surface area contributed by atoms with Crippen LogP contribution in [0.2, 0.25) is 0 Å². The summed E-state index contributed by atoms with van der Waals surface area (Å²) < 4.78 is 9.89. The van der Waals surface area contributed by atoms with E-state index in [4.69, 9.17) is 39.6 Å². The normalized spacial score (nSPS) is 15.2. The molecule has 0 bridgehead atoms. The Labute approximate surface area is 233 Å². The molecule has 0 spiro atoms. The first-order chi connectivity index (χ1) is 17.3. The van der Waals surface area contributed by atoms with Crippen molar-refractivity contribution in [3.63, 3.8) is 0 Å². The number of aliphatic imine (C=N–C) groups is 2. The van der Waals surface area contributed by atoms with E-state index in [1.807, 2.05) is 0 Å². The standard InChI is InChI=1S/C21H26N2.2C4H8O.2ClH.Cr/c1-14-7-9-20(16(3)11-14)22-18(5)13-19(6)23-21-10-8-15(2)12-17(21)4;2*1-2-4-5-3-1;;;/h7-12H,13H2,1-6H3;2*1-4H2;2*1H;/q;;;;;+2/p-2. The number of halogens is 2. The van der Waals surface area contributed by atoms with Gasteiger partial charge in [0.2, 0.25) is 0 Å². The van der Waals surface area contributed by atoms with Gasteiger partial charge in [0.15, 0.2) is 0 Å². The summed E-state index contributed by atoms with van der Waals surface area (Å²) in [6.07, 6.45) is 5.90. The van der Waals surface area contributed by atoms with Gasteiger partial charge in [-0.25, -0.2) is 0 Å². The van der Waals surface area contributed by atoms with Gasteiger partial charge in [-0.3, -0.25) is 9.98 Å². The van der Waals surface area contributed by atoms with E-state index in [0.717, 1.165) is 55.6 Å². The zero-order chi connectivity index (χ0) is 26.8. The first kappa shape index (κ1) is 32.8. The molecule has 2 fully saturated rings. The van der Waals surface area contributed by atoms with Crippen LogP contribution in [0.15, 0.2) is 46.4 Å². The fourth-order valence-electron chi connectivity index (χ4n) is 3.74. The third kappa shape index (κ3) is 15.2. The molecular formula is C29H42Cl2CrN2O2. The van der Waals surface area contributed by atoms with Gasteiger partial charge in [0, 0.05) is 44.3 Å². The van der Waals surface area contributed by atoms with E-state index in [2.05, 4.69) is 77.9 Å². The van der Waals surface area contributed by atoms with Crippen LogP contribution in [0.5, 0.6) is 0 Å². The van der Waals surface area contributed by atoms with E-state index in [9.17, 15) is 0 Å². The summed E-state index contributed by atoms with van der Waals surface area (Å²) in [4.78, 5) is 9.51. The summed E-state index contributed by atoms with van der Waals surface area (Å²) in [5.41, 5.74) is 9.24. The molecule has 2 aliphatic heterocycles. The molecule has 200 valence electrons. The Balaban J connectivity index is 0.000000401. The Morgan fingerprint density at radius 3 is 1.28 bits per heavy atom. The van der Waals surface area contributed by atoms with E-state index in [0.29, 0.717) is 0 Å². The fourth-order valence-corrected chi connectivity index (χ4v) is 3.74. The van der Waals surface area contributed by atoms with E-state index in [1.165, 1.54) is 47.9 Å². The number of aryl methyl sites for hydroxylation is 4. The Morgan fingerprint density at radius 1 is 0.694 bits per heavy atom. The van der Waals surface area contributed by atoms with Crippen molar-refractivity contribution >= 4 is 42.9 Å². The van der Waals surface area contributed by atoms with Crippen molar-refractivity contribution < 1.29 is 22.9 Å². The van der Waals surface area contributed by atoms with Crippen molar-refractivity contribution in [1.82, 2.24) is 0 Å². The molecule has 2 aromatic carbocycles. The van der Waals surface area contributed by atoms with Crippen molar-refractivity contribution in [2.45, 2.75) is 73.6 Å². The third-order valence-electron chi connectivity index (χ3n) is 5.49. The zero-order valence-electron chi connectivity index (χ0n) is 22.7. The van der Waals surface area contributed by atoms with Crippen LogP contribution in [-0.2, 0) is 22.9 Å². The van der Waals surface area contributed by atoms with Crippen LogP contribution in [0.25, 0.3) is 0 Å². The molecule has 0 aliphatic carbocycles. The van der Waals surface area contributed by atoms with Crippen LogP contribution in [0.1, 0.15) is 68.2 Å². The van der Waals surface area contributed by atoms with Gasteiger partial charge in [-0.15, -0.1) is 0 Å². The van der Waals surface area contributed by atoms with E-state index < -0.39 is 0 Å². The van der Waals surface area contributed by atoms with Gasteiger partial charge >= 0.3 is 33.5 Å². The molecule has 0 radical (unpaired) electrons. The number of nitrogens with zero attached hydrogens (tertiary/aromatic N) is 2. The van der Waals surface area contributed by atoms with Gasteiger partial charge in [-0.05, 0) is 90.5 Å². The summed E-state index contributed by atoms with van der Waals surface area (Å²) >= 11 is -0.181. The molecule has 36 heavy (non-hydrogen) atoms. The molecule has 4 rings (SSSR count). The molecule has 0 unspecified atom stereocenters. The monoisotopic (exact) mass is 572 g/mol. The van der Waals surface area contributed by atoms with Crippen molar-refractivity contribution in [2.24, 2.45) is 9.98 Å². The summed E-state index contributed by atoms with van der Waals surface area (Å²) in [6, 6.07) is 12.7. The predicted octanol–water partition coefficient (Wildman–Crippen LogP) is 9.17. The minimum absolute atomic E-state index is 0.181. The Morgan fingerprint density at radius 2 is 1.03 bits per heavy atom. The van der Waals surface area contributed by atoms with E-state index >= 15 is 0 Å². The Bertz CT molecular complexity index is 866. The van der Waals surface area contributed by atoms with Gasteiger partial charge < -0.3 is 9.47 Å². The molecule has 4 nitrogen and oxygen atoms in total. The number of rotatable bonds is 4. The second-order valence-corrected chi connectivity index (χ2v) is 11.3. The average Bonchev–Trinajstić information content (AvgIpc) is 3.57. The molecule has 0 amide bonds. The number of hydrogen-bond acceptors (Lipinski definition) is 4. The molecule has 0 atom stereocenters. The third-order valence-corrected chi connectivity index (χ3v) is 5.49. The molecule has 2 aliphatic rings. The molecular weight excluding hydrogens is 531 g/mol. The minimum atomic E-state index is -0.181. The molecule has 2 heterocycles. The Hall–Kier alpha value is -1.19.